The summed E-state index contributed by atoms with van der Waals surface area (Å²) in [5.74, 6) is 0.850. The van der Waals surface area contributed by atoms with Crippen molar-refractivity contribution in [1.29, 1.82) is 0 Å². The zero-order valence-corrected chi connectivity index (χ0v) is 18.7. The molecule has 2 aromatic carbocycles. The van der Waals surface area contributed by atoms with Crippen molar-refractivity contribution in [3.8, 4) is 5.75 Å². The number of anilines is 4. The van der Waals surface area contributed by atoms with Crippen LogP contribution in [0.4, 0.5) is 36.3 Å². The van der Waals surface area contributed by atoms with Crippen LogP contribution in [0.3, 0.4) is 0 Å². The van der Waals surface area contributed by atoms with Crippen LogP contribution in [0.15, 0.2) is 54.7 Å². The third-order valence-corrected chi connectivity index (χ3v) is 4.82. The molecule has 0 saturated carbocycles. The van der Waals surface area contributed by atoms with Crippen LogP contribution in [-0.2, 0) is 6.18 Å². The van der Waals surface area contributed by atoms with E-state index in [2.05, 4.69) is 29.1 Å². The fourth-order valence-electron chi connectivity index (χ4n) is 3.06. The molecule has 5 nitrogen and oxygen atoms in total. The summed E-state index contributed by atoms with van der Waals surface area (Å²) in [5.41, 5.74) is 1.46. The van der Waals surface area contributed by atoms with Gasteiger partial charge in [0.15, 0.2) is 0 Å². The van der Waals surface area contributed by atoms with Crippen LogP contribution in [0, 0.1) is 0 Å². The summed E-state index contributed by atoms with van der Waals surface area (Å²) in [6.07, 6.45) is -3.79. The second kappa shape index (κ2) is 9.46. The van der Waals surface area contributed by atoms with Gasteiger partial charge in [0.1, 0.15) is 17.1 Å². The number of benzene rings is 2. The molecule has 0 atom stereocenters. The van der Waals surface area contributed by atoms with E-state index in [1.54, 1.807) is 36.2 Å². The van der Waals surface area contributed by atoms with Crippen molar-refractivity contribution in [3.05, 3.63) is 65.9 Å². The average molecular weight is 445 g/mol. The van der Waals surface area contributed by atoms with Gasteiger partial charge in [0.25, 0.3) is 0 Å². The van der Waals surface area contributed by atoms with Crippen LogP contribution in [-0.4, -0.2) is 23.1 Å². The summed E-state index contributed by atoms with van der Waals surface area (Å²) in [5, 5.41) is 2.78. The first-order chi connectivity index (χ1) is 15.0. The molecule has 0 aliphatic heterocycles. The van der Waals surface area contributed by atoms with E-state index < -0.39 is 11.7 Å². The number of aromatic nitrogens is 2. The fourth-order valence-corrected chi connectivity index (χ4v) is 3.06. The highest BCUT2D eigenvalue weighted by molar-refractivity contribution is 5.64. The Morgan fingerprint density at radius 1 is 0.938 bits per heavy atom. The predicted octanol–water partition coefficient (Wildman–Crippen LogP) is 6.92. The molecule has 32 heavy (non-hydrogen) atoms. The van der Waals surface area contributed by atoms with E-state index in [9.17, 15) is 13.2 Å². The van der Waals surface area contributed by atoms with E-state index in [-0.39, 0.29) is 17.9 Å². The highest BCUT2D eigenvalue weighted by atomic mass is 19.4. The topological polar surface area (TPSA) is 50.3 Å². The van der Waals surface area contributed by atoms with Gasteiger partial charge < -0.3 is 15.0 Å². The Balaban J connectivity index is 1.91. The van der Waals surface area contributed by atoms with Crippen LogP contribution in [0.2, 0.25) is 0 Å². The molecule has 1 N–H and O–H groups in total. The standard InChI is InChI=1S/C24H27F3N4O/c1-15(2)17-6-10-19(11-7-17)31(5)23-28-14-21(24(25,26)27)22(30-23)29-18-8-12-20(13-9-18)32-16(3)4/h6-16H,1-5H3,(H,28,29,30). The lowest BCUT2D eigenvalue weighted by Crippen LogP contribution is -2.17. The van der Waals surface area contributed by atoms with Crippen LogP contribution < -0.4 is 15.0 Å². The van der Waals surface area contributed by atoms with Gasteiger partial charge in [-0.2, -0.15) is 18.2 Å². The summed E-state index contributed by atoms with van der Waals surface area (Å²) in [7, 11) is 1.72. The lowest BCUT2D eigenvalue weighted by atomic mass is 10.0. The Bertz CT molecular complexity index is 1030. The number of hydrogen-bond acceptors (Lipinski definition) is 5. The molecule has 1 heterocycles. The van der Waals surface area contributed by atoms with E-state index in [1.165, 1.54) is 5.56 Å². The molecule has 0 amide bonds. The van der Waals surface area contributed by atoms with Crippen molar-refractivity contribution in [2.75, 3.05) is 17.3 Å². The van der Waals surface area contributed by atoms with Gasteiger partial charge in [-0.3, -0.25) is 0 Å². The van der Waals surface area contributed by atoms with Gasteiger partial charge >= 0.3 is 6.18 Å². The third kappa shape index (κ3) is 5.69. The molecule has 0 bridgehead atoms. The summed E-state index contributed by atoms with van der Waals surface area (Å²) >= 11 is 0. The molecule has 3 aromatic rings. The van der Waals surface area contributed by atoms with Gasteiger partial charge in [-0.1, -0.05) is 26.0 Å². The van der Waals surface area contributed by atoms with Crippen LogP contribution in [0.5, 0.6) is 5.75 Å². The van der Waals surface area contributed by atoms with Crippen LogP contribution >= 0.6 is 0 Å². The zero-order valence-electron chi connectivity index (χ0n) is 18.7. The molecule has 0 aliphatic rings. The Labute approximate surface area is 186 Å². The predicted molar refractivity (Wildman–Crippen MR) is 121 cm³/mol. The first kappa shape index (κ1) is 23.4. The minimum absolute atomic E-state index is 0.000190. The van der Waals surface area contributed by atoms with Gasteiger partial charge in [-0.15, -0.1) is 0 Å². The third-order valence-electron chi connectivity index (χ3n) is 4.82. The second-order valence-corrected chi connectivity index (χ2v) is 8.05. The molecular formula is C24H27F3N4O. The summed E-state index contributed by atoms with van der Waals surface area (Å²) < 4.78 is 46.3. The largest absolute Gasteiger partial charge is 0.491 e. The molecular weight excluding hydrogens is 417 g/mol. The molecule has 0 unspecified atom stereocenters. The van der Waals surface area contributed by atoms with Crippen molar-refractivity contribution in [3.63, 3.8) is 0 Å². The van der Waals surface area contributed by atoms with Crippen molar-refractivity contribution in [1.82, 2.24) is 9.97 Å². The Hall–Kier alpha value is -3.29. The fraction of sp³-hybridized carbons (Fsp3) is 0.333. The lowest BCUT2D eigenvalue weighted by molar-refractivity contribution is -0.137. The number of halogens is 3. The van der Waals surface area contributed by atoms with Gasteiger partial charge in [-0.25, -0.2) is 4.98 Å². The number of nitrogens with one attached hydrogen (secondary N) is 1. The molecule has 0 aliphatic carbocycles. The molecule has 3 rings (SSSR count). The Kier molecular flexibility index (Phi) is 6.91. The first-order valence-electron chi connectivity index (χ1n) is 10.4. The van der Waals surface area contributed by atoms with Crippen molar-refractivity contribution in [2.24, 2.45) is 0 Å². The van der Waals surface area contributed by atoms with Gasteiger partial charge in [0.05, 0.1) is 6.10 Å². The number of hydrogen-bond donors (Lipinski definition) is 1. The van der Waals surface area contributed by atoms with Crippen molar-refractivity contribution >= 4 is 23.1 Å². The lowest BCUT2D eigenvalue weighted by Gasteiger charge is -2.21. The van der Waals surface area contributed by atoms with Crippen molar-refractivity contribution in [2.45, 2.75) is 45.9 Å². The molecule has 1 aromatic heterocycles. The molecule has 0 saturated heterocycles. The molecule has 170 valence electrons. The number of ether oxygens (including phenoxy) is 1. The van der Waals surface area contributed by atoms with E-state index in [0.717, 1.165) is 11.9 Å². The average Bonchev–Trinajstić information content (AvgIpc) is 2.73. The van der Waals surface area contributed by atoms with E-state index >= 15 is 0 Å². The molecule has 0 radical (unpaired) electrons. The minimum atomic E-state index is -4.60. The van der Waals surface area contributed by atoms with E-state index in [1.807, 2.05) is 38.1 Å². The first-order valence-corrected chi connectivity index (χ1v) is 10.4. The summed E-state index contributed by atoms with van der Waals surface area (Å²) in [6.45, 7) is 7.99. The van der Waals surface area contributed by atoms with Crippen molar-refractivity contribution < 1.29 is 17.9 Å². The van der Waals surface area contributed by atoms with Gasteiger partial charge in [0.2, 0.25) is 5.95 Å². The molecule has 0 fully saturated rings. The second-order valence-electron chi connectivity index (χ2n) is 8.05. The highest BCUT2D eigenvalue weighted by Gasteiger charge is 2.35. The normalized spacial score (nSPS) is 11.7. The Morgan fingerprint density at radius 3 is 2.09 bits per heavy atom. The Morgan fingerprint density at radius 2 is 1.56 bits per heavy atom. The van der Waals surface area contributed by atoms with Crippen LogP contribution in [0.25, 0.3) is 0 Å². The molecule has 0 spiro atoms. The van der Waals surface area contributed by atoms with E-state index in [4.69, 9.17) is 4.74 Å². The maximum absolute atomic E-state index is 13.6. The number of alkyl halides is 3. The minimum Gasteiger partial charge on any atom is -0.491 e. The van der Waals surface area contributed by atoms with Gasteiger partial charge in [0, 0.05) is 24.6 Å². The molecule has 8 heteroatoms. The quantitative estimate of drug-likeness (QED) is 0.429. The van der Waals surface area contributed by atoms with Gasteiger partial charge in [-0.05, 0) is 61.7 Å². The maximum atomic E-state index is 13.6. The number of rotatable bonds is 7. The van der Waals surface area contributed by atoms with Crippen LogP contribution in [0.1, 0.15) is 44.7 Å². The van der Waals surface area contributed by atoms with E-state index in [0.29, 0.717) is 17.4 Å². The summed E-state index contributed by atoms with van der Waals surface area (Å²) in [4.78, 5) is 9.80. The zero-order chi connectivity index (χ0) is 23.5. The highest BCUT2D eigenvalue weighted by Crippen LogP contribution is 2.36. The maximum Gasteiger partial charge on any atom is 0.421 e. The SMILES string of the molecule is CC(C)Oc1ccc(Nc2nc(N(C)c3ccc(C(C)C)cc3)ncc2C(F)(F)F)cc1. The smallest absolute Gasteiger partial charge is 0.421 e. The summed E-state index contributed by atoms with van der Waals surface area (Å²) in [6, 6.07) is 14.5. The monoisotopic (exact) mass is 444 g/mol. The number of nitrogens with zero attached hydrogens (tertiary/aromatic N) is 3.